The monoisotopic (exact) mass is 272 g/mol. The van der Waals surface area contributed by atoms with Gasteiger partial charge in [0.05, 0.1) is 12.3 Å². The second kappa shape index (κ2) is 5.73. The van der Waals surface area contributed by atoms with E-state index in [-0.39, 0.29) is 11.9 Å². The van der Waals surface area contributed by atoms with E-state index < -0.39 is 0 Å². The first-order chi connectivity index (χ1) is 9.83. The molecule has 20 heavy (non-hydrogen) atoms. The molecule has 0 aliphatic carbocycles. The van der Waals surface area contributed by atoms with Gasteiger partial charge in [-0.05, 0) is 31.1 Å². The van der Waals surface area contributed by atoms with Gasteiger partial charge in [0.25, 0.3) is 0 Å². The summed E-state index contributed by atoms with van der Waals surface area (Å²) in [5.74, 6) is 0.689. The molecule has 1 atom stereocenters. The van der Waals surface area contributed by atoms with Gasteiger partial charge in [-0.2, -0.15) is 5.10 Å². The maximum atomic E-state index is 12.2. The first-order valence-electron chi connectivity index (χ1n) is 6.67. The number of nitrogens with zero attached hydrogens (tertiary/aromatic N) is 4. The standard InChI is InChI=1S/C14H16N4O2/c19-14(6-5-13-4-2-8-20-13)17-7-1-3-12(9-17)18-11-15-10-16-18/h2,4-6,8,10-12H,1,3,7,9H2/b6-5+. The number of carbonyl (C=O) groups is 1. The third kappa shape index (κ3) is 2.79. The number of piperidine rings is 1. The molecule has 3 rings (SSSR count). The summed E-state index contributed by atoms with van der Waals surface area (Å²) in [6.45, 7) is 1.46. The number of likely N-dealkylation sites (tertiary alicyclic amines) is 1. The van der Waals surface area contributed by atoms with E-state index >= 15 is 0 Å². The Morgan fingerprint density at radius 3 is 3.20 bits per heavy atom. The van der Waals surface area contributed by atoms with Crippen LogP contribution in [0, 0.1) is 0 Å². The summed E-state index contributed by atoms with van der Waals surface area (Å²) < 4.78 is 7.00. The van der Waals surface area contributed by atoms with Crippen LogP contribution in [-0.4, -0.2) is 38.7 Å². The van der Waals surface area contributed by atoms with Crippen molar-refractivity contribution < 1.29 is 9.21 Å². The lowest BCUT2D eigenvalue weighted by molar-refractivity contribution is -0.127. The van der Waals surface area contributed by atoms with Crippen LogP contribution in [0.3, 0.4) is 0 Å². The van der Waals surface area contributed by atoms with E-state index in [0.717, 1.165) is 19.4 Å². The molecular weight excluding hydrogens is 256 g/mol. The van der Waals surface area contributed by atoms with Crippen LogP contribution in [0.25, 0.3) is 6.08 Å². The van der Waals surface area contributed by atoms with Crippen LogP contribution < -0.4 is 0 Å². The molecule has 6 heteroatoms. The van der Waals surface area contributed by atoms with E-state index in [9.17, 15) is 4.79 Å². The van der Waals surface area contributed by atoms with Gasteiger partial charge in [-0.25, -0.2) is 9.67 Å². The number of carbonyl (C=O) groups excluding carboxylic acids is 1. The first-order valence-corrected chi connectivity index (χ1v) is 6.67. The van der Waals surface area contributed by atoms with Gasteiger partial charge in [0, 0.05) is 19.2 Å². The second-order valence-corrected chi connectivity index (χ2v) is 4.80. The van der Waals surface area contributed by atoms with Crippen LogP contribution in [0.15, 0.2) is 41.5 Å². The summed E-state index contributed by atoms with van der Waals surface area (Å²) in [6.07, 6.45) is 10.1. The number of aromatic nitrogens is 3. The molecule has 1 saturated heterocycles. The van der Waals surface area contributed by atoms with Crippen molar-refractivity contribution in [1.29, 1.82) is 0 Å². The van der Waals surface area contributed by atoms with Crippen molar-refractivity contribution in [3.05, 3.63) is 42.9 Å². The van der Waals surface area contributed by atoms with Crippen LogP contribution in [-0.2, 0) is 4.79 Å². The van der Waals surface area contributed by atoms with Crippen LogP contribution >= 0.6 is 0 Å². The topological polar surface area (TPSA) is 64.2 Å². The highest BCUT2D eigenvalue weighted by Gasteiger charge is 2.23. The zero-order valence-corrected chi connectivity index (χ0v) is 11.1. The quantitative estimate of drug-likeness (QED) is 0.798. The zero-order valence-electron chi connectivity index (χ0n) is 11.1. The molecule has 1 aliphatic heterocycles. The molecule has 0 spiro atoms. The highest BCUT2D eigenvalue weighted by atomic mass is 16.3. The van der Waals surface area contributed by atoms with Gasteiger partial charge in [-0.15, -0.1) is 0 Å². The minimum absolute atomic E-state index is 0.00575. The first kappa shape index (κ1) is 12.7. The molecule has 0 N–H and O–H groups in total. The van der Waals surface area contributed by atoms with Gasteiger partial charge in [-0.3, -0.25) is 4.79 Å². The van der Waals surface area contributed by atoms with Gasteiger partial charge in [-0.1, -0.05) is 0 Å². The van der Waals surface area contributed by atoms with E-state index in [4.69, 9.17) is 4.42 Å². The average Bonchev–Trinajstić information content (AvgIpc) is 3.18. The predicted octanol–water partition coefficient (Wildman–Crippen LogP) is 1.75. The summed E-state index contributed by atoms with van der Waals surface area (Å²) in [7, 11) is 0. The van der Waals surface area contributed by atoms with Crippen LogP contribution in [0.2, 0.25) is 0 Å². The lowest BCUT2D eigenvalue weighted by atomic mass is 10.1. The maximum Gasteiger partial charge on any atom is 0.246 e. The lowest BCUT2D eigenvalue weighted by Gasteiger charge is -2.31. The summed E-state index contributed by atoms with van der Waals surface area (Å²) in [6, 6.07) is 3.83. The van der Waals surface area contributed by atoms with Crippen molar-refractivity contribution in [3.63, 3.8) is 0 Å². The van der Waals surface area contributed by atoms with Crippen molar-refractivity contribution in [2.45, 2.75) is 18.9 Å². The normalized spacial score (nSPS) is 19.6. The molecule has 1 fully saturated rings. The van der Waals surface area contributed by atoms with Crippen molar-refractivity contribution >= 4 is 12.0 Å². The number of rotatable bonds is 3. The molecule has 2 aromatic heterocycles. The molecule has 2 aromatic rings. The van der Waals surface area contributed by atoms with Gasteiger partial charge in [0.2, 0.25) is 5.91 Å². The van der Waals surface area contributed by atoms with Crippen molar-refractivity contribution in [2.24, 2.45) is 0 Å². The van der Waals surface area contributed by atoms with E-state index in [1.165, 1.54) is 6.33 Å². The van der Waals surface area contributed by atoms with Gasteiger partial charge < -0.3 is 9.32 Å². The van der Waals surface area contributed by atoms with Crippen LogP contribution in [0.5, 0.6) is 0 Å². The highest BCUT2D eigenvalue weighted by Crippen LogP contribution is 2.20. The molecule has 1 unspecified atom stereocenters. The molecule has 0 saturated carbocycles. The highest BCUT2D eigenvalue weighted by molar-refractivity contribution is 5.91. The Bertz CT molecular complexity index is 574. The largest absolute Gasteiger partial charge is 0.465 e. The third-order valence-electron chi connectivity index (χ3n) is 3.45. The Kier molecular flexibility index (Phi) is 3.62. The van der Waals surface area contributed by atoms with E-state index in [0.29, 0.717) is 12.3 Å². The summed E-state index contributed by atoms with van der Waals surface area (Å²) >= 11 is 0. The zero-order chi connectivity index (χ0) is 13.8. The SMILES string of the molecule is O=C(/C=C/c1ccco1)N1CCCC(n2cncn2)C1. The molecule has 104 valence electrons. The van der Waals surface area contributed by atoms with Gasteiger partial charge >= 0.3 is 0 Å². The Morgan fingerprint density at radius 1 is 1.50 bits per heavy atom. The van der Waals surface area contributed by atoms with Crippen LogP contribution in [0.4, 0.5) is 0 Å². The predicted molar refractivity (Wildman–Crippen MR) is 72.6 cm³/mol. The number of furan rings is 1. The number of amides is 1. The van der Waals surface area contributed by atoms with Crippen LogP contribution in [0.1, 0.15) is 24.6 Å². The molecule has 0 radical (unpaired) electrons. The molecule has 1 aliphatic rings. The minimum Gasteiger partial charge on any atom is -0.465 e. The summed E-state index contributed by atoms with van der Waals surface area (Å²) in [5.41, 5.74) is 0. The average molecular weight is 272 g/mol. The van der Waals surface area contributed by atoms with Gasteiger partial charge in [0.15, 0.2) is 0 Å². The summed E-state index contributed by atoms with van der Waals surface area (Å²) in [4.78, 5) is 18.0. The maximum absolute atomic E-state index is 12.2. The molecular formula is C14H16N4O2. The molecule has 0 bridgehead atoms. The van der Waals surface area contributed by atoms with E-state index in [1.54, 1.807) is 30.8 Å². The minimum atomic E-state index is 0.00575. The van der Waals surface area contributed by atoms with Crippen molar-refractivity contribution in [1.82, 2.24) is 19.7 Å². The molecule has 6 nitrogen and oxygen atoms in total. The Morgan fingerprint density at radius 2 is 2.45 bits per heavy atom. The Labute approximate surface area is 116 Å². The fraction of sp³-hybridized carbons (Fsp3) is 0.357. The Hall–Kier alpha value is -2.37. The van der Waals surface area contributed by atoms with E-state index in [2.05, 4.69) is 10.1 Å². The molecule has 3 heterocycles. The van der Waals surface area contributed by atoms with E-state index in [1.807, 2.05) is 15.6 Å². The van der Waals surface area contributed by atoms with Crippen molar-refractivity contribution in [2.75, 3.05) is 13.1 Å². The smallest absolute Gasteiger partial charge is 0.246 e. The number of hydrogen-bond donors (Lipinski definition) is 0. The second-order valence-electron chi connectivity index (χ2n) is 4.80. The molecule has 1 amide bonds. The number of hydrogen-bond acceptors (Lipinski definition) is 4. The fourth-order valence-electron chi connectivity index (χ4n) is 2.42. The molecule has 0 aromatic carbocycles. The summed E-state index contributed by atoms with van der Waals surface area (Å²) in [5, 5.41) is 4.15. The Balaban J connectivity index is 1.63. The third-order valence-corrected chi connectivity index (χ3v) is 3.45. The van der Waals surface area contributed by atoms with Crippen molar-refractivity contribution in [3.8, 4) is 0 Å². The van der Waals surface area contributed by atoms with Gasteiger partial charge in [0.1, 0.15) is 18.4 Å². The fourth-order valence-corrected chi connectivity index (χ4v) is 2.42. The lowest BCUT2D eigenvalue weighted by Crippen LogP contribution is -2.40.